The molecule has 2 unspecified atom stereocenters. The second-order valence-corrected chi connectivity index (χ2v) is 5.27. The third-order valence-corrected chi connectivity index (χ3v) is 3.70. The standard InChI is InChI=1S/C14H17ClN2O3/c15-9-5-1-2-6-10(9)16-13(19)14(20)17-11-7-3-4-8-12(11)18/h1-2,5-6,11-12,18H,3-4,7-8H2,(H,16,19)(H,17,20). The molecule has 0 aromatic heterocycles. The van der Waals surface area contributed by atoms with Crippen molar-refractivity contribution >= 4 is 29.1 Å². The lowest BCUT2D eigenvalue weighted by Gasteiger charge is -2.27. The molecule has 0 heterocycles. The predicted molar refractivity (Wildman–Crippen MR) is 76.5 cm³/mol. The maximum atomic E-state index is 11.8. The first-order valence-electron chi connectivity index (χ1n) is 6.62. The average molecular weight is 297 g/mol. The molecule has 1 aliphatic rings. The summed E-state index contributed by atoms with van der Waals surface area (Å²) in [5.74, 6) is -1.54. The summed E-state index contributed by atoms with van der Waals surface area (Å²) in [6, 6.07) is 6.33. The Kier molecular flexibility index (Phi) is 4.98. The van der Waals surface area contributed by atoms with Gasteiger partial charge in [0, 0.05) is 0 Å². The summed E-state index contributed by atoms with van der Waals surface area (Å²) >= 11 is 5.90. The van der Waals surface area contributed by atoms with E-state index in [0.717, 1.165) is 12.8 Å². The van der Waals surface area contributed by atoms with Crippen molar-refractivity contribution in [2.75, 3.05) is 5.32 Å². The van der Waals surface area contributed by atoms with Crippen molar-refractivity contribution in [1.29, 1.82) is 0 Å². The van der Waals surface area contributed by atoms with Gasteiger partial charge >= 0.3 is 11.8 Å². The average Bonchev–Trinajstić information content (AvgIpc) is 2.43. The summed E-state index contributed by atoms with van der Waals surface area (Å²) in [5, 5.41) is 15.1. The molecule has 6 heteroatoms. The molecule has 1 aliphatic carbocycles. The van der Waals surface area contributed by atoms with E-state index in [4.69, 9.17) is 11.6 Å². The van der Waals surface area contributed by atoms with E-state index in [1.54, 1.807) is 24.3 Å². The van der Waals surface area contributed by atoms with Crippen LogP contribution in [0.15, 0.2) is 24.3 Å². The van der Waals surface area contributed by atoms with Crippen LogP contribution < -0.4 is 10.6 Å². The number of rotatable bonds is 2. The zero-order valence-electron chi connectivity index (χ0n) is 10.9. The Balaban J connectivity index is 1.92. The molecule has 1 aromatic rings. The Morgan fingerprint density at radius 1 is 1.15 bits per heavy atom. The summed E-state index contributed by atoms with van der Waals surface area (Å²) in [4.78, 5) is 23.6. The highest BCUT2D eigenvalue weighted by Gasteiger charge is 2.26. The van der Waals surface area contributed by atoms with Crippen LogP contribution in [0.5, 0.6) is 0 Å². The fourth-order valence-corrected chi connectivity index (χ4v) is 2.44. The van der Waals surface area contributed by atoms with E-state index < -0.39 is 17.9 Å². The second kappa shape index (κ2) is 6.72. The van der Waals surface area contributed by atoms with Gasteiger partial charge in [0.1, 0.15) is 0 Å². The van der Waals surface area contributed by atoms with E-state index >= 15 is 0 Å². The van der Waals surface area contributed by atoms with E-state index in [1.807, 2.05) is 0 Å². The van der Waals surface area contributed by atoms with Crippen LogP contribution in [0.25, 0.3) is 0 Å². The molecule has 0 saturated heterocycles. The first kappa shape index (κ1) is 14.8. The molecule has 2 atom stereocenters. The van der Waals surface area contributed by atoms with Crippen molar-refractivity contribution < 1.29 is 14.7 Å². The fraction of sp³-hybridized carbons (Fsp3) is 0.429. The minimum Gasteiger partial charge on any atom is -0.391 e. The van der Waals surface area contributed by atoms with Gasteiger partial charge in [-0.3, -0.25) is 9.59 Å². The van der Waals surface area contributed by atoms with Crippen molar-refractivity contribution in [3.05, 3.63) is 29.3 Å². The van der Waals surface area contributed by atoms with Crippen molar-refractivity contribution in [1.82, 2.24) is 5.32 Å². The van der Waals surface area contributed by atoms with Crippen LogP contribution in [-0.4, -0.2) is 29.1 Å². The molecule has 3 N–H and O–H groups in total. The monoisotopic (exact) mass is 296 g/mol. The molecule has 0 aliphatic heterocycles. The van der Waals surface area contributed by atoms with Crippen LogP contribution in [0.1, 0.15) is 25.7 Å². The Bertz CT molecular complexity index is 507. The smallest absolute Gasteiger partial charge is 0.313 e. The van der Waals surface area contributed by atoms with E-state index in [9.17, 15) is 14.7 Å². The van der Waals surface area contributed by atoms with Crippen LogP contribution in [0, 0.1) is 0 Å². The van der Waals surface area contributed by atoms with Crippen molar-refractivity contribution in [2.24, 2.45) is 0 Å². The maximum Gasteiger partial charge on any atom is 0.313 e. The minimum absolute atomic E-state index is 0.353. The van der Waals surface area contributed by atoms with Gasteiger partial charge in [-0.05, 0) is 25.0 Å². The molecule has 0 spiro atoms. The normalized spacial score (nSPS) is 22.1. The first-order valence-corrected chi connectivity index (χ1v) is 7.00. The topological polar surface area (TPSA) is 78.4 Å². The zero-order valence-corrected chi connectivity index (χ0v) is 11.7. The van der Waals surface area contributed by atoms with Crippen LogP contribution in [-0.2, 0) is 9.59 Å². The Morgan fingerprint density at radius 2 is 1.85 bits per heavy atom. The molecular weight excluding hydrogens is 280 g/mol. The van der Waals surface area contributed by atoms with Gasteiger partial charge in [0.05, 0.1) is 22.9 Å². The van der Waals surface area contributed by atoms with Gasteiger partial charge in [0.25, 0.3) is 0 Å². The van der Waals surface area contributed by atoms with E-state index in [2.05, 4.69) is 10.6 Å². The second-order valence-electron chi connectivity index (χ2n) is 4.87. The number of nitrogens with one attached hydrogen (secondary N) is 2. The third kappa shape index (κ3) is 3.71. The van der Waals surface area contributed by atoms with E-state index in [0.29, 0.717) is 23.6 Å². The number of aliphatic hydroxyl groups excluding tert-OH is 1. The zero-order chi connectivity index (χ0) is 14.5. The fourth-order valence-electron chi connectivity index (χ4n) is 2.26. The lowest BCUT2D eigenvalue weighted by Crippen LogP contribution is -2.48. The molecule has 20 heavy (non-hydrogen) atoms. The van der Waals surface area contributed by atoms with Gasteiger partial charge in [-0.15, -0.1) is 0 Å². The summed E-state index contributed by atoms with van der Waals surface area (Å²) in [6.45, 7) is 0. The molecule has 108 valence electrons. The summed E-state index contributed by atoms with van der Waals surface area (Å²) in [6.07, 6.45) is 2.64. The molecule has 1 saturated carbocycles. The lowest BCUT2D eigenvalue weighted by molar-refractivity contribution is -0.137. The SMILES string of the molecule is O=C(Nc1ccccc1Cl)C(=O)NC1CCCCC1O. The molecule has 0 bridgehead atoms. The summed E-state index contributed by atoms with van der Waals surface area (Å²) in [5.41, 5.74) is 0.388. The number of hydrogen-bond donors (Lipinski definition) is 3. The molecule has 2 rings (SSSR count). The number of halogens is 1. The van der Waals surface area contributed by atoms with Gasteiger partial charge in [-0.25, -0.2) is 0 Å². The maximum absolute atomic E-state index is 11.8. The number of amides is 2. The number of para-hydroxylation sites is 1. The number of anilines is 1. The molecule has 0 radical (unpaired) electrons. The van der Waals surface area contributed by atoms with E-state index in [-0.39, 0.29) is 6.04 Å². The summed E-state index contributed by atoms with van der Waals surface area (Å²) in [7, 11) is 0. The Labute approximate surface area is 122 Å². The lowest BCUT2D eigenvalue weighted by atomic mass is 9.92. The molecular formula is C14H17ClN2O3. The van der Waals surface area contributed by atoms with Crippen molar-refractivity contribution in [3.63, 3.8) is 0 Å². The third-order valence-electron chi connectivity index (χ3n) is 3.37. The quantitative estimate of drug-likeness (QED) is 0.727. The predicted octanol–water partition coefficient (Wildman–Crippen LogP) is 1.70. The van der Waals surface area contributed by atoms with Crippen molar-refractivity contribution in [3.8, 4) is 0 Å². The highest BCUT2D eigenvalue weighted by Crippen LogP contribution is 2.21. The van der Waals surface area contributed by atoms with Crippen LogP contribution >= 0.6 is 11.6 Å². The van der Waals surface area contributed by atoms with Gasteiger partial charge < -0.3 is 15.7 Å². The highest BCUT2D eigenvalue weighted by molar-refractivity contribution is 6.41. The minimum atomic E-state index is -0.782. The molecule has 2 amide bonds. The van der Waals surface area contributed by atoms with Crippen LogP contribution in [0.3, 0.4) is 0 Å². The van der Waals surface area contributed by atoms with Crippen LogP contribution in [0.4, 0.5) is 5.69 Å². The summed E-state index contributed by atoms with van der Waals surface area (Å²) < 4.78 is 0. The van der Waals surface area contributed by atoms with Gasteiger partial charge in [-0.1, -0.05) is 36.6 Å². The number of carbonyl (C=O) groups excluding carboxylic acids is 2. The van der Waals surface area contributed by atoms with Gasteiger partial charge in [0.15, 0.2) is 0 Å². The number of aliphatic hydroxyl groups is 1. The number of carbonyl (C=O) groups is 2. The Morgan fingerprint density at radius 3 is 2.55 bits per heavy atom. The van der Waals surface area contributed by atoms with Crippen molar-refractivity contribution in [2.45, 2.75) is 37.8 Å². The van der Waals surface area contributed by atoms with Gasteiger partial charge in [0.2, 0.25) is 0 Å². The van der Waals surface area contributed by atoms with Gasteiger partial charge in [-0.2, -0.15) is 0 Å². The molecule has 1 fully saturated rings. The largest absolute Gasteiger partial charge is 0.391 e. The molecule has 1 aromatic carbocycles. The first-order chi connectivity index (χ1) is 9.58. The molecule has 5 nitrogen and oxygen atoms in total. The Hall–Kier alpha value is -1.59. The number of benzene rings is 1. The van der Waals surface area contributed by atoms with E-state index in [1.165, 1.54) is 0 Å². The highest BCUT2D eigenvalue weighted by atomic mass is 35.5. The number of hydrogen-bond acceptors (Lipinski definition) is 3. The van der Waals surface area contributed by atoms with Crippen LogP contribution in [0.2, 0.25) is 5.02 Å².